The van der Waals surface area contributed by atoms with Crippen molar-refractivity contribution in [2.75, 3.05) is 31.6 Å². The van der Waals surface area contributed by atoms with Crippen LogP contribution in [0.3, 0.4) is 0 Å². The van der Waals surface area contributed by atoms with Crippen molar-refractivity contribution >= 4 is 28.7 Å². The zero-order chi connectivity index (χ0) is 29.3. The largest absolute Gasteiger partial charge is 0.493 e. The molecule has 0 aliphatic rings. The Kier molecular flexibility index (Phi) is 11.0. The summed E-state index contributed by atoms with van der Waals surface area (Å²) < 4.78 is 13.7. The Balaban J connectivity index is 0.000000798. The second kappa shape index (κ2) is 13.9. The van der Waals surface area contributed by atoms with Gasteiger partial charge in [0, 0.05) is 45.4 Å². The van der Waals surface area contributed by atoms with Gasteiger partial charge in [-0.2, -0.15) is 0 Å². The highest BCUT2D eigenvalue weighted by Crippen LogP contribution is 2.23. The van der Waals surface area contributed by atoms with Gasteiger partial charge in [-0.15, -0.1) is 0 Å². The summed E-state index contributed by atoms with van der Waals surface area (Å²) in [6.07, 6.45) is 1.36. The summed E-state index contributed by atoms with van der Waals surface area (Å²) >= 11 is 0. The first-order valence-corrected chi connectivity index (χ1v) is 11.9. The molecule has 1 unspecified atom stereocenters. The lowest BCUT2D eigenvalue weighted by atomic mass is 10.1. The number of aliphatic hydroxyl groups is 1. The molecule has 1 atom stereocenters. The molecule has 3 rings (SSSR count). The Morgan fingerprint density at radius 1 is 1.10 bits per heavy atom. The van der Waals surface area contributed by atoms with Gasteiger partial charge >= 0.3 is 17.6 Å². The number of nitrogens with zero attached hydrogens (tertiary/aromatic N) is 3. The van der Waals surface area contributed by atoms with Gasteiger partial charge in [-0.3, -0.25) is 23.6 Å². The standard InChI is InChI=1S/C23H30N4O6.C2H2O4/c1-15-14-33-18-8-5-7-17(21(18)22(15)30)32-12-6-10-27(16(2)28)11-9-24-19-13-20(29)26(4)23(31)25(19)3;3-1(4)2(5)6/h5,7-8,13-14,16,24,28H,6,9-12H2,1-4H3;(H,3,4)(H,5,6). The van der Waals surface area contributed by atoms with Crippen molar-refractivity contribution in [2.24, 2.45) is 14.1 Å². The fraction of sp³-hybridized carbons (Fsp3) is 0.400. The average Bonchev–Trinajstić information content (AvgIpc) is 2.89. The van der Waals surface area contributed by atoms with Gasteiger partial charge < -0.3 is 29.8 Å². The number of carboxylic acids is 2. The third kappa shape index (κ3) is 8.28. The van der Waals surface area contributed by atoms with E-state index < -0.39 is 23.9 Å². The summed E-state index contributed by atoms with van der Waals surface area (Å²) in [4.78, 5) is 56.4. The Morgan fingerprint density at radius 3 is 2.38 bits per heavy atom. The first-order valence-electron chi connectivity index (χ1n) is 11.9. The first kappa shape index (κ1) is 30.8. The SMILES string of the molecule is Cc1coc2cccc(OCCCN(CCNc3cc(=O)n(C)c(=O)n3C)C(C)O)c2c1=O.O=C(O)C(=O)O. The summed E-state index contributed by atoms with van der Waals surface area (Å²) in [6.45, 7) is 5.18. The monoisotopic (exact) mass is 548 g/mol. The number of aryl methyl sites for hydroxylation is 1. The van der Waals surface area contributed by atoms with E-state index in [-0.39, 0.29) is 11.0 Å². The number of anilines is 1. The number of rotatable bonds is 10. The van der Waals surface area contributed by atoms with Gasteiger partial charge in [-0.05, 0) is 32.4 Å². The molecule has 39 heavy (non-hydrogen) atoms. The second-order valence-electron chi connectivity index (χ2n) is 8.55. The molecule has 4 N–H and O–H groups in total. The van der Waals surface area contributed by atoms with Gasteiger partial charge in [-0.25, -0.2) is 14.4 Å². The summed E-state index contributed by atoms with van der Waals surface area (Å²) in [5.41, 5.74) is 0.0775. The summed E-state index contributed by atoms with van der Waals surface area (Å²) in [5, 5.41) is 28.4. The van der Waals surface area contributed by atoms with E-state index in [9.17, 15) is 19.5 Å². The lowest BCUT2D eigenvalue weighted by molar-refractivity contribution is -0.159. The molecule has 212 valence electrons. The van der Waals surface area contributed by atoms with Crippen LogP contribution in [0.25, 0.3) is 11.0 Å². The first-order chi connectivity index (χ1) is 18.3. The highest BCUT2D eigenvalue weighted by Gasteiger charge is 2.13. The van der Waals surface area contributed by atoms with Crippen LogP contribution < -0.4 is 26.7 Å². The van der Waals surface area contributed by atoms with Crippen LogP contribution in [0.5, 0.6) is 5.75 Å². The van der Waals surface area contributed by atoms with E-state index in [1.807, 2.05) is 4.90 Å². The lowest BCUT2D eigenvalue weighted by Gasteiger charge is -2.25. The number of carboxylic acid groups (broad SMARTS) is 2. The van der Waals surface area contributed by atoms with Crippen LogP contribution in [0.2, 0.25) is 0 Å². The predicted octanol–water partition coefficient (Wildman–Crippen LogP) is 0.176. The van der Waals surface area contributed by atoms with Crippen LogP contribution in [0, 0.1) is 6.92 Å². The van der Waals surface area contributed by atoms with Crippen molar-refractivity contribution in [3.8, 4) is 5.75 Å². The molecule has 2 heterocycles. The molecule has 3 aromatic rings. The number of hydrogen-bond donors (Lipinski definition) is 4. The number of benzene rings is 1. The number of aliphatic carboxylic acids is 2. The minimum Gasteiger partial charge on any atom is -0.493 e. The molecular formula is C25H32N4O10. The minimum absolute atomic E-state index is 0.117. The van der Waals surface area contributed by atoms with Gasteiger partial charge in [0.25, 0.3) is 5.56 Å². The molecule has 0 aliphatic heterocycles. The maximum absolute atomic E-state index is 12.5. The van der Waals surface area contributed by atoms with Crippen LogP contribution in [-0.2, 0) is 23.7 Å². The Hall–Kier alpha value is -4.43. The second-order valence-corrected chi connectivity index (χ2v) is 8.55. The summed E-state index contributed by atoms with van der Waals surface area (Å²) in [6, 6.07) is 6.60. The molecule has 0 saturated heterocycles. The highest BCUT2D eigenvalue weighted by molar-refractivity contribution is 6.27. The highest BCUT2D eigenvalue weighted by atomic mass is 16.5. The quantitative estimate of drug-likeness (QED) is 0.153. The molecule has 0 amide bonds. The van der Waals surface area contributed by atoms with E-state index in [0.29, 0.717) is 60.8 Å². The Bertz CT molecular complexity index is 1480. The van der Waals surface area contributed by atoms with Crippen molar-refractivity contribution < 1.29 is 34.1 Å². The molecule has 0 spiro atoms. The molecule has 0 saturated carbocycles. The van der Waals surface area contributed by atoms with Gasteiger partial charge in [0.2, 0.25) is 0 Å². The number of carbonyl (C=O) groups is 2. The number of hydrogen-bond acceptors (Lipinski definition) is 10. The number of fused-ring (bicyclic) bond motifs is 1. The van der Waals surface area contributed by atoms with Gasteiger partial charge in [-0.1, -0.05) is 6.07 Å². The number of nitrogens with one attached hydrogen (secondary N) is 1. The fourth-order valence-electron chi connectivity index (χ4n) is 3.52. The van der Waals surface area contributed by atoms with Crippen LogP contribution in [0.1, 0.15) is 18.9 Å². The topological polar surface area (TPSA) is 194 Å². The third-order valence-electron chi connectivity index (χ3n) is 5.73. The van der Waals surface area contributed by atoms with Crippen LogP contribution in [0.15, 0.2) is 49.3 Å². The molecule has 0 radical (unpaired) electrons. The van der Waals surface area contributed by atoms with Gasteiger partial charge in [0.1, 0.15) is 28.8 Å². The maximum Gasteiger partial charge on any atom is 0.414 e. The number of aliphatic hydroxyl groups excluding tert-OH is 1. The van der Waals surface area contributed by atoms with Gasteiger partial charge in [0.15, 0.2) is 5.43 Å². The molecule has 14 nitrogen and oxygen atoms in total. The molecule has 0 bridgehead atoms. The Labute approximate surface area is 222 Å². The van der Waals surface area contributed by atoms with E-state index in [2.05, 4.69) is 5.32 Å². The van der Waals surface area contributed by atoms with Gasteiger partial charge in [0.05, 0.1) is 12.9 Å². The lowest BCUT2D eigenvalue weighted by Crippen LogP contribution is -2.40. The number of ether oxygens (including phenoxy) is 1. The van der Waals surface area contributed by atoms with E-state index in [0.717, 1.165) is 4.57 Å². The maximum atomic E-state index is 12.5. The summed E-state index contributed by atoms with van der Waals surface area (Å²) in [5.74, 6) is -2.76. The molecule has 0 aliphatic carbocycles. The zero-order valence-corrected chi connectivity index (χ0v) is 22.0. The van der Waals surface area contributed by atoms with Crippen molar-refractivity contribution in [2.45, 2.75) is 26.5 Å². The van der Waals surface area contributed by atoms with Crippen molar-refractivity contribution in [3.05, 3.63) is 67.2 Å². The molecular weight excluding hydrogens is 516 g/mol. The fourth-order valence-corrected chi connectivity index (χ4v) is 3.52. The molecule has 1 aromatic carbocycles. The van der Waals surface area contributed by atoms with Crippen molar-refractivity contribution in [1.29, 1.82) is 0 Å². The van der Waals surface area contributed by atoms with Crippen LogP contribution >= 0.6 is 0 Å². The van der Waals surface area contributed by atoms with E-state index in [1.165, 1.54) is 23.9 Å². The predicted molar refractivity (Wildman–Crippen MR) is 141 cm³/mol. The smallest absolute Gasteiger partial charge is 0.414 e. The van der Waals surface area contributed by atoms with E-state index in [1.54, 1.807) is 39.1 Å². The molecule has 0 fully saturated rings. The van der Waals surface area contributed by atoms with Crippen molar-refractivity contribution in [3.63, 3.8) is 0 Å². The van der Waals surface area contributed by atoms with Crippen LogP contribution in [-0.4, -0.2) is 73.8 Å². The van der Waals surface area contributed by atoms with E-state index >= 15 is 0 Å². The molecule has 2 aromatic heterocycles. The Morgan fingerprint density at radius 2 is 1.77 bits per heavy atom. The zero-order valence-electron chi connectivity index (χ0n) is 22.0. The number of aromatic nitrogens is 2. The minimum atomic E-state index is -1.82. The van der Waals surface area contributed by atoms with Crippen LogP contribution in [0.4, 0.5) is 5.82 Å². The third-order valence-corrected chi connectivity index (χ3v) is 5.73. The average molecular weight is 549 g/mol. The van der Waals surface area contributed by atoms with Crippen molar-refractivity contribution in [1.82, 2.24) is 14.0 Å². The normalized spacial score (nSPS) is 11.5. The van der Waals surface area contributed by atoms with E-state index in [4.69, 9.17) is 29.0 Å². The molecule has 14 heteroatoms. The summed E-state index contributed by atoms with van der Waals surface area (Å²) in [7, 11) is 3.01.